The molecule has 2 aliphatic rings. The lowest BCUT2D eigenvalue weighted by Gasteiger charge is -2.41. The van der Waals surface area contributed by atoms with Crippen LogP contribution in [0.4, 0.5) is 18.0 Å². The van der Waals surface area contributed by atoms with Gasteiger partial charge in [-0.05, 0) is 31.0 Å². The van der Waals surface area contributed by atoms with E-state index in [4.69, 9.17) is 9.47 Å². The minimum atomic E-state index is -4.35. The van der Waals surface area contributed by atoms with Gasteiger partial charge in [-0.2, -0.15) is 13.2 Å². The van der Waals surface area contributed by atoms with Crippen LogP contribution in [-0.4, -0.2) is 68.4 Å². The van der Waals surface area contributed by atoms with Crippen LogP contribution in [0.3, 0.4) is 0 Å². The molecule has 1 aromatic carbocycles. The van der Waals surface area contributed by atoms with Crippen molar-refractivity contribution in [2.24, 2.45) is 5.92 Å². The number of halogens is 3. The Kier molecular flexibility index (Phi) is 6.82. The average Bonchev–Trinajstić information content (AvgIpc) is 2.71. The van der Waals surface area contributed by atoms with Gasteiger partial charge in [-0.15, -0.1) is 0 Å². The number of nitrogens with zero attached hydrogens (tertiary/aromatic N) is 2. The Bertz CT molecular complexity index is 645. The smallest absolute Gasteiger partial charge is 0.381 e. The molecule has 1 aromatic rings. The first-order valence-electron chi connectivity index (χ1n) is 9.75. The van der Waals surface area contributed by atoms with Crippen molar-refractivity contribution in [2.75, 3.05) is 52.6 Å². The Hall–Kier alpha value is -1.80. The lowest BCUT2D eigenvalue weighted by Crippen LogP contribution is -2.52. The number of hydrogen-bond acceptors (Lipinski definition) is 3. The highest BCUT2D eigenvalue weighted by atomic mass is 19.4. The second-order valence-corrected chi connectivity index (χ2v) is 7.36. The summed E-state index contributed by atoms with van der Waals surface area (Å²) in [5.74, 6) is 0.150. The highest BCUT2D eigenvalue weighted by molar-refractivity contribution is 5.74. The van der Waals surface area contributed by atoms with Crippen molar-refractivity contribution in [3.8, 4) is 0 Å². The van der Waals surface area contributed by atoms with E-state index in [0.29, 0.717) is 52.6 Å². The van der Waals surface area contributed by atoms with Gasteiger partial charge in [0.1, 0.15) is 0 Å². The van der Waals surface area contributed by atoms with Gasteiger partial charge in [0.15, 0.2) is 0 Å². The zero-order valence-electron chi connectivity index (χ0n) is 16.1. The molecule has 2 atom stereocenters. The van der Waals surface area contributed by atoms with Crippen LogP contribution in [-0.2, 0) is 15.7 Å². The number of rotatable bonds is 4. The standard InChI is InChI=1S/C20H27F3N2O3/c1-2-27-14-15-11-17(16-3-5-18(6-4-16)20(21,22)23)13-25(12-15)19(26)24-7-9-28-10-8-24/h3-6,15,17H,2,7-14H2,1H3. The first-order valence-corrected chi connectivity index (χ1v) is 9.75. The molecule has 0 bridgehead atoms. The molecule has 2 aliphatic heterocycles. The largest absolute Gasteiger partial charge is 0.416 e. The van der Waals surface area contributed by atoms with Gasteiger partial charge in [0.25, 0.3) is 0 Å². The van der Waals surface area contributed by atoms with E-state index < -0.39 is 11.7 Å². The lowest BCUT2D eigenvalue weighted by atomic mass is 9.84. The summed E-state index contributed by atoms with van der Waals surface area (Å²) in [6, 6.07) is 5.29. The van der Waals surface area contributed by atoms with Crippen molar-refractivity contribution in [1.82, 2.24) is 9.80 Å². The van der Waals surface area contributed by atoms with Crippen molar-refractivity contribution < 1.29 is 27.4 Å². The Balaban J connectivity index is 1.74. The number of urea groups is 1. The summed E-state index contributed by atoms with van der Waals surface area (Å²) in [6.07, 6.45) is -3.56. The van der Waals surface area contributed by atoms with Crippen LogP contribution in [0.1, 0.15) is 30.4 Å². The predicted octanol–water partition coefficient (Wildman–Crippen LogP) is 3.60. The molecule has 2 amide bonds. The van der Waals surface area contributed by atoms with Crippen molar-refractivity contribution in [2.45, 2.75) is 25.4 Å². The number of hydrogen-bond donors (Lipinski definition) is 0. The topological polar surface area (TPSA) is 42.0 Å². The van der Waals surface area contributed by atoms with Gasteiger partial charge in [-0.1, -0.05) is 12.1 Å². The zero-order valence-corrected chi connectivity index (χ0v) is 16.1. The number of piperidine rings is 1. The minimum Gasteiger partial charge on any atom is -0.381 e. The molecular weight excluding hydrogens is 373 g/mol. The third-order valence-electron chi connectivity index (χ3n) is 5.36. The average molecular weight is 400 g/mol. The third kappa shape index (κ3) is 5.17. The Morgan fingerprint density at radius 1 is 1.14 bits per heavy atom. The van der Waals surface area contributed by atoms with Crippen LogP contribution >= 0.6 is 0 Å². The van der Waals surface area contributed by atoms with Crippen LogP contribution in [0, 0.1) is 5.92 Å². The lowest BCUT2D eigenvalue weighted by molar-refractivity contribution is -0.137. The number of likely N-dealkylation sites (tertiary alicyclic amines) is 1. The van der Waals surface area contributed by atoms with E-state index in [1.807, 2.05) is 11.8 Å². The van der Waals surface area contributed by atoms with Crippen LogP contribution in [0.15, 0.2) is 24.3 Å². The number of benzene rings is 1. The summed E-state index contributed by atoms with van der Waals surface area (Å²) < 4.78 is 49.4. The van der Waals surface area contributed by atoms with Gasteiger partial charge in [0, 0.05) is 44.6 Å². The quantitative estimate of drug-likeness (QED) is 0.776. The van der Waals surface area contributed by atoms with E-state index >= 15 is 0 Å². The first-order chi connectivity index (χ1) is 13.4. The maximum absolute atomic E-state index is 12.9. The van der Waals surface area contributed by atoms with Gasteiger partial charge in [0.2, 0.25) is 0 Å². The number of morpholine rings is 1. The molecule has 156 valence electrons. The molecule has 0 saturated carbocycles. The van der Waals surface area contributed by atoms with E-state index in [-0.39, 0.29) is 17.9 Å². The summed E-state index contributed by atoms with van der Waals surface area (Å²) >= 11 is 0. The second-order valence-electron chi connectivity index (χ2n) is 7.36. The van der Waals surface area contributed by atoms with Crippen LogP contribution in [0.25, 0.3) is 0 Å². The van der Waals surface area contributed by atoms with Gasteiger partial charge in [0.05, 0.1) is 25.4 Å². The second kappa shape index (κ2) is 9.13. The van der Waals surface area contributed by atoms with Gasteiger partial charge in [-0.3, -0.25) is 0 Å². The SMILES string of the molecule is CCOCC1CC(c2ccc(C(F)(F)F)cc2)CN(C(=O)N2CCOCC2)C1. The number of amides is 2. The summed E-state index contributed by atoms with van der Waals surface area (Å²) in [5, 5.41) is 0. The first kappa shape index (κ1) is 20.9. The monoisotopic (exact) mass is 400 g/mol. The molecule has 5 nitrogen and oxygen atoms in total. The fourth-order valence-corrected chi connectivity index (χ4v) is 3.91. The molecular formula is C20H27F3N2O3. The van der Waals surface area contributed by atoms with E-state index in [1.165, 1.54) is 12.1 Å². The van der Waals surface area contributed by atoms with Crippen LogP contribution < -0.4 is 0 Å². The third-order valence-corrected chi connectivity index (χ3v) is 5.36. The minimum absolute atomic E-state index is 0.00789. The Morgan fingerprint density at radius 2 is 1.82 bits per heavy atom. The molecule has 2 saturated heterocycles. The fraction of sp³-hybridized carbons (Fsp3) is 0.650. The molecule has 3 rings (SSSR count). The zero-order chi connectivity index (χ0) is 20.1. The fourth-order valence-electron chi connectivity index (χ4n) is 3.91. The van der Waals surface area contributed by atoms with Gasteiger partial charge < -0.3 is 19.3 Å². The summed E-state index contributed by atoms with van der Waals surface area (Å²) in [7, 11) is 0. The van der Waals surface area contributed by atoms with Crippen molar-refractivity contribution >= 4 is 6.03 Å². The molecule has 0 aromatic heterocycles. The predicted molar refractivity (Wildman–Crippen MR) is 98.1 cm³/mol. The maximum atomic E-state index is 12.9. The summed E-state index contributed by atoms with van der Waals surface area (Å²) in [4.78, 5) is 16.6. The molecule has 0 N–H and O–H groups in total. The molecule has 2 unspecified atom stereocenters. The Morgan fingerprint density at radius 3 is 2.43 bits per heavy atom. The molecule has 0 spiro atoms. The number of ether oxygens (including phenoxy) is 2. The van der Waals surface area contributed by atoms with Gasteiger partial charge in [-0.25, -0.2) is 4.79 Å². The van der Waals surface area contributed by atoms with E-state index in [9.17, 15) is 18.0 Å². The van der Waals surface area contributed by atoms with Crippen molar-refractivity contribution in [3.05, 3.63) is 35.4 Å². The molecule has 28 heavy (non-hydrogen) atoms. The van der Waals surface area contributed by atoms with Crippen LogP contribution in [0.5, 0.6) is 0 Å². The number of carbonyl (C=O) groups is 1. The molecule has 0 aliphatic carbocycles. The molecule has 2 heterocycles. The van der Waals surface area contributed by atoms with E-state index in [1.54, 1.807) is 4.90 Å². The van der Waals surface area contributed by atoms with Crippen LogP contribution in [0.2, 0.25) is 0 Å². The highest BCUT2D eigenvalue weighted by Crippen LogP contribution is 2.34. The molecule has 0 radical (unpaired) electrons. The maximum Gasteiger partial charge on any atom is 0.416 e. The Labute approximate surface area is 163 Å². The van der Waals surface area contributed by atoms with E-state index in [2.05, 4.69) is 0 Å². The van der Waals surface area contributed by atoms with Crippen molar-refractivity contribution in [3.63, 3.8) is 0 Å². The van der Waals surface area contributed by atoms with Crippen molar-refractivity contribution in [1.29, 1.82) is 0 Å². The highest BCUT2D eigenvalue weighted by Gasteiger charge is 2.34. The van der Waals surface area contributed by atoms with Gasteiger partial charge >= 0.3 is 12.2 Å². The normalized spacial score (nSPS) is 23.7. The molecule has 8 heteroatoms. The number of alkyl halides is 3. The molecule has 2 fully saturated rings. The summed E-state index contributed by atoms with van der Waals surface area (Å²) in [6.45, 7) is 6.37. The summed E-state index contributed by atoms with van der Waals surface area (Å²) in [5.41, 5.74) is 0.174. The number of carbonyl (C=O) groups excluding carboxylic acids is 1. The van der Waals surface area contributed by atoms with E-state index in [0.717, 1.165) is 24.1 Å².